The summed E-state index contributed by atoms with van der Waals surface area (Å²) in [6.45, 7) is 4.01. The van der Waals surface area contributed by atoms with Crippen LogP contribution in [0.15, 0.2) is 0 Å². The van der Waals surface area contributed by atoms with Crippen molar-refractivity contribution in [3.63, 3.8) is 0 Å². The summed E-state index contributed by atoms with van der Waals surface area (Å²) in [7, 11) is 0. The summed E-state index contributed by atoms with van der Waals surface area (Å²) in [5.74, 6) is 1.17. The summed E-state index contributed by atoms with van der Waals surface area (Å²) >= 11 is 0. The Morgan fingerprint density at radius 1 is 1.20 bits per heavy atom. The fraction of sp³-hybridized carbons (Fsp3) is 0.867. The first kappa shape index (κ1) is 15.3. The minimum atomic E-state index is 0.140. The van der Waals surface area contributed by atoms with E-state index in [1.807, 2.05) is 4.90 Å². The molecule has 1 heterocycles. The number of hydrogen-bond donors (Lipinski definition) is 2. The van der Waals surface area contributed by atoms with Gasteiger partial charge >= 0.3 is 0 Å². The van der Waals surface area contributed by atoms with Crippen molar-refractivity contribution in [2.24, 2.45) is 17.6 Å². The number of rotatable bonds is 4. The lowest BCUT2D eigenvalue weighted by Crippen LogP contribution is -2.41. The molecule has 2 atom stereocenters. The highest BCUT2D eigenvalue weighted by Crippen LogP contribution is 2.26. The summed E-state index contributed by atoms with van der Waals surface area (Å²) in [5, 5.41) is 3.05. The van der Waals surface area contributed by atoms with Crippen LogP contribution in [-0.2, 0) is 9.59 Å². The van der Waals surface area contributed by atoms with E-state index in [9.17, 15) is 9.59 Å². The second kappa shape index (κ2) is 7.07. The standard InChI is InChI=1S/C15H27N3O2/c1-11(19)18-7-5-12(6-8-18)10-17-15(20)9-13-3-2-4-14(13)16/h12-14H,2-10,16H2,1H3,(H,17,20)/t13-,14+/m0/s1. The first-order valence-electron chi connectivity index (χ1n) is 7.84. The molecule has 0 radical (unpaired) electrons. The molecule has 5 heteroatoms. The van der Waals surface area contributed by atoms with Gasteiger partial charge in [-0.15, -0.1) is 0 Å². The third-order valence-corrected chi connectivity index (χ3v) is 4.81. The van der Waals surface area contributed by atoms with Crippen LogP contribution in [0.3, 0.4) is 0 Å². The molecule has 1 aliphatic heterocycles. The fourth-order valence-electron chi connectivity index (χ4n) is 3.34. The van der Waals surface area contributed by atoms with Gasteiger partial charge in [0, 0.05) is 39.0 Å². The second-order valence-electron chi connectivity index (χ2n) is 6.31. The van der Waals surface area contributed by atoms with Gasteiger partial charge in [-0.25, -0.2) is 0 Å². The zero-order chi connectivity index (χ0) is 14.5. The molecule has 2 rings (SSSR count). The van der Waals surface area contributed by atoms with E-state index in [2.05, 4.69) is 5.32 Å². The van der Waals surface area contributed by atoms with Crippen LogP contribution in [0.1, 0.15) is 45.4 Å². The van der Waals surface area contributed by atoms with Crippen molar-refractivity contribution in [1.29, 1.82) is 0 Å². The molecule has 2 amide bonds. The van der Waals surface area contributed by atoms with Gasteiger partial charge in [0.1, 0.15) is 0 Å². The minimum Gasteiger partial charge on any atom is -0.356 e. The van der Waals surface area contributed by atoms with Crippen LogP contribution in [0, 0.1) is 11.8 Å². The highest BCUT2D eigenvalue weighted by molar-refractivity contribution is 5.76. The lowest BCUT2D eigenvalue weighted by molar-refractivity contribution is -0.130. The highest BCUT2D eigenvalue weighted by Gasteiger charge is 2.26. The Morgan fingerprint density at radius 2 is 1.90 bits per heavy atom. The lowest BCUT2D eigenvalue weighted by atomic mass is 9.96. The van der Waals surface area contributed by atoms with E-state index in [-0.39, 0.29) is 17.9 Å². The zero-order valence-corrected chi connectivity index (χ0v) is 12.4. The maximum Gasteiger partial charge on any atom is 0.220 e. The Balaban J connectivity index is 1.63. The highest BCUT2D eigenvalue weighted by atomic mass is 16.2. The van der Waals surface area contributed by atoms with Crippen LogP contribution in [0.5, 0.6) is 0 Å². The largest absolute Gasteiger partial charge is 0.356 e. The molecule has 0 bridgehead atoms. The molecule has 20 heavy (non-hydrogen) atoms. The van der Waals surface area contributed by atoms with Crippen molar-refractivity contribution in [3.05, 3.63) is 0 Å². The van der Waals surface area contributed by atoms with Crippen LogP contribution in [0.4, 0.5) is 0 Å². The quantitative estimate of drug-likeness (QED) is 0.803. The van der Waals surface area contributed by atoms with Gasteiger partial charge in [0.2, 0.25) is 11.8 Å². The van der Waals surface area contributed by atoms with Crippen molar-refractivity contribution in [3.8, 4) is 0 Å². The summed E-state index contributed by atoms with van der Waals surface area (Å²) in [6, 6.07) is 0.208. The fourth-order valence-corrected chi connectivity index (χ4v) is 3.34. The third kappa shape index (κ3) is 4.20. The molecule has 0 unspecified atom stereocenters. The number of carbonyl (C=O) groups is 2. The smallest absolute Gasteiger partial charge is 0.220 e. The molecule has 3 N–H and O–H groups in total. The third-order valence-electron chi connectivity index (χ3n) is 4.81. The first-order chi connectivity index (χ1) is 9.56. The molecule has 0 spiro atoms. The number of piperidine rings is 1. The van der Waals surface area contributed by atoms with E-state index in [4.69, 9.17) is 5.73 Å². The maximum absolute atomic E-state index is 11.9. The number of amides is 2. The van der Waals surface area contributed by atoms with Gasteiger partial charge in [-0.3, -0.25) is 9.59 Å². The molecule has 2 aliphatic rings. The monoisotopic (exact) mass is 281 g/mol. The molecule has 0 aromatic heterocycles. The summed E-state index contributed by atoms with van der Waals surface area (Å²) in [4.78, 5) is 25.1. The number of hydrogen-bond acceptors (Lipinski definition) is 3. The SMILES string of the molecule is CC(=O)N1CCC(CNC(=O)C[C@@H]2CCC[C@H]2N)CC1. The Kier molecular flexibility index (Phi) is 5.40. The van der Waals surface area contributed by atoms with E-state index in [1.165, 1.54) is 0 Å². The van der Waals surface area contributed by atoms with Gasteiger partial charge in [0.15, 0.2) is 0 Å². The summed E-state index contributed by atoms with van der Waals surface area (Å²) in [6.07, 6.45) is 5.86. The molecule has 2 fully saturated rings. The Labute approximate surface area is 121 Å². The van der Waals surface area contributed by atoms with Gasteiger partial charge in [-0.1, -0.05) is 6.42 Å². The van der Waals surface area contributed by atoms with E-state index in [0.717, 1.165) is 51.7 Å². The van der Waals surface area contributed by atoms with E-state index in [0.29, 0.717) is 18.3 Å². The first-order valence-corrected chi connectivity index (χ1v) is 7.84. The Hall–Kier alpha value is -1.10. The molecular weight excluding hydrogens is 254 g/mol. The molecule has 5 nitrogen and oxygen atoms in total. The van der Waals surface area contributed by atoms with Crippen molar-refractivity contribution in [1.82, 2.24) is 10.2 Å². The topological polar surface area (TPSA) is 75.4 Å². The van der Waals surface area contributed by atoms with Crippen molar-refractivity contribution < 1.29 is 9.59 Å². The number of carbonyl (C=O) groups excluding carboxylic acids is 2. The molecule has 1 saturated carbocycles. The minimum absolute atomic E-state index is 0.140. The van der Waals surface area contributed by atoms with Gasteiger partial charge in [0.25, 0.3) is 0 Å². The molecule has 1 aliphatic carbocycles. The maximum atomic E-state index is 11.9. The molecule has 1 saturated heterocycles. The average Bonchev–Trinajstić information content (AvgIpc) is 2.82. The molecule has 0 aromatic carbocycles. The van der Waals surface area contributed by atoms with Gasteiger partial charge < -0.3 is 16.0 Å². The van der Waals surface area contributed by atoms with Crippen LogP contribution < -0.4 is 11.1 Å². The molecule has 114 valence electrons. The summed E-state index contributed by atoms with van der Waals surface area (Å²) < 4.78 is 0. The van der Waals surface area contributed by atoms with Gasteiger partial charge in [-0.05, 0) is 37.5 Å². The van der Waals surface area contributed by atoms with Crippen molar-refractivity contribution in [2.75, 3.05) is 19.6 Å². The lowest BCUT2D eigenvalue weighted by Gasteiger charge is -2.31. The van der Waals surface area contributed by atoms with Crippen LogP contribution in [-0.4, -0.2) is 42.4 Å². The van der Waals surface area contributed by atoms with Gasteiger partial charge in [0.05, 0.1) is 0 Å². The molecular formula is C15H27N3O2. The predicted molar refractivity (Wildman–Crippen MR) is 77.9 cm³/mol. The van der Waals surface area contributed by atoms with Crippen LogP contribution in [0.2, 0.25) is 0 Å². The number of nitrogens with zero attached hydrogens (tertiary/aromatic N) is 1. The zero-order valence-electron chi connectivity index (χ0n) is 12.4. The van der Waals surface area contributed by atoms with Crippen molar-refractivity contribution in [2.45, 2.75) is 51.5 Å². The number of nitrogens with two attached hydrogens (primary N) is 1. The van der Waals surface area contributed by atoms with E-state index >= 15 is 0 Å². The molecule has 0 aromatic rings. The summed E-state index contributed by atoms with van der Waals surface area (Å²) in [5.41, 5.74) is 5.99. The van der Waals surface area contributed by atoms with Crippen LogP contribution in [0.25, 0.3) is 0 Å². The van der Waals surface area contributed by atoms with Crippen LogP contribution >= 0.6 is 0 Å². The normalized spacial score (nSPS) is 27.6. The average molecular weight is 281 g/mol. The number of likely N-dealkylation sites (tertiary alicyclic amines) is 1. The van der Waals surface area contributed by atoms with E-state index < -0.39 is 0 Å². The van der Waals surface area contributed by atoms with Crippen molar-refractivity contribution >= 4 is 11.8 Å². The number of nitrogens with one attached hydrogen (secondary N) is 1. The second-order valence-corrected chi connectivity index (χ2v) is 6.31. The van der Waals surface area contributed by atoms with E-state index in [1.54, 1.807) is 6.92 Å². The Bertz CT molecular complexity index is 351. The Morgan fingerprint density at radius 3 is 2.45 bits per heavy atom. The predicted octanol–water partition coefficient (Wildman–Crippen LogP) is 0.879. The van der Waals surface area contributed by atoms with Gasteiger partial charge in [-0.2, -0.15) is 0 Å².